The first-order chi connectivity index (χ1) is 7.28. The fourth-order valence-electron chi connectivity index (χ4n) is 0.915. The molecular formula is C10H18O6S. The molecule has 0 bridgehead atoms. The summed E-state index contributed by atoms with van der Waals surface area (Å²) in [5, 5.41) is 0. The van der Waals surface area contributed by atoms with E-state index >= 15 is 0 Å². The molecule has 0 rings (SSSR count). The minimum Gasteiger partial charge on any atom is -0.457 e. The van der Waals surface area contributed by atoms with Gasteiger partial charge in [-0.1, -0.05) is 0 Å². The van der Waals surface area contributed by atoms with Crippen LogP contribution in [0.4, 0.5) is 0 Å². The molecule has 100 valence electrons. The molecule has 0 heterocycles. The molecule has 0 saturated carbocycles. The molecule has 1 unspecified atom stereocenters. The second-order valence-corrected chi connectivity index (χ2v) is 6.45. The van der Waals surface area contributed by atoms with Gasteiger partial charge in [0, 0.05) is 0 Å². The molecule has 0 aromatic carbocycles. The van der Waals surface area contributed by atoms with Crippen LogP contribution in [-0.2, 0) is 28.6 Å². The molecule has 0 fully saturated rings. The molecule has 17 heavy (non-hydrogen) atoms. The fraction of sp³-hybridized carbons (Fsp3) is 0.800. The highest BCUT2D eigenvalue weighted by atomic mass is 32.2. The van der Waals surface area contributed by atoms with Crippen LogP contribution in [0.15, 0.2) is 0 Å². The molecule has 0 aromatic rings. The summed E-state index contributed by atoms with van der Waals surface area (Å²) in [7, 11) is -3.95. The lowest BCUT2D eigenvalue weighted by Gasteiger charge is -2.28. The van der Waals surface area contributed by atoms with Crippen molar-refractivity contribution in [1.82, 2.24) is 0 Å². The average molecular weight is 266 g/mol. The molecule has 0 aliphatic carbocycles. The predicted molar refractivity (Wildman–Crippen MR) is 60.9 cm³/mol. The maximum atomic E-state index is 11.8. The number of esters is 1. The van der Waals surface area contributed by atoms with Gasteiger partial charge in [0.05, 0.1) is 6.26 Å². The Morgan fingerprint density at radius 2 is 1.47 bits per heavy atom. The Morgan fingerprint density at radius 1 is 1.06 bits per heavy atom. The minimum atomic E-state index is -3.95. The Hall–Kier alpha value is -0.950. The molecule has 0 aliphatic heterocycles. The van der Waals surface area contributed by atoms with Gasteiger partial charge in [-0.05, 0) is 34.6 Å². The normalized spacial score (nSPS) is 16.1. The monoisotopic (exact) mass is 266 g/mol. The third-order valence-corrected chi connectivity index (χ3v) is 2.41. The lowest BCUT2D eigenvalue weighted by atomic mass is 10.0. The second-order valence-electron chi connectivity index (χ2n) is 4.88. The van der Waals surface area contributed by atoms with E-state index in [1.165, 1.54) is 0 Å². The summed E-state index contributed by atoms with van der Waals surface area (Å²) in [5.41, 5.74) is -2.98. The van der Waals surface area contributed by atoms with E-state index < -0.39 is 33.1 Å². The largest absolute Gasteiger partial charge is 0.457 e. The van der Waals surface area contributed by atoms with Crippen LogP contribution in [0.1, 0.15) is 34.6 Å². The Kier molecular flexibility index (Phi) is 4.47. The number of ether oxygens (including phenoxy) is 1. The third kappa shape index (κ3) is 5.27. The summed E-state index contributed by atoms with van der Waals surface area (Å²) in [6, 6.07) is 0. The number of hydrogen-bond donors (Lipinski definition) is 0. The number of Topliss-reactive ketones (excluding diaryl/α,β-unsaturated/α-hetero) is 1. The summed E-state index contributed by atoms with van der Waals surface area (Å²) in [4.78, 5) is 23.1. The van der Waals surface area contributed by atoms with Gasteiger partial charge in [-0.3, -0.25) is 4.79 Å². The van der Waals surface area contributed by atoms with Crippen molar-refractivity contribution in [2.24, 2.45) is 0 Å². The summed E-state index contributed by atoms with van der Waals surface area (Å²) < 4.78 is 31.6. The van der Waals surface area contributed by atoms with Gasteiger partial charge in [-0.25, -0.2) is 8.98 Å². The number of carbonyl (C=O) groups is 2. The smallest absolute Gasteiger partial charge is 0.348 e. The lowest BCUT2D eigenvalue weighted by Crippen LogP contribution is -2.49. The molecule has 0 radical (unpaired) electrons. The molecule has 0 aliphatic rings. The highest BCUT2D eigenvalue weighted by molar-refractivity contribution is 7.86. The quantitative estimate of drug-likeness (QED) is 0.422. The standard InChI is InChI=1S/C10H18O6S/c1-7(11)10(5,16-17(6,13)14)8(12)15-9(2,3)4/h1-6H3. The van der Waals surface area contributed by atoms with Crippen LogP contribution in [0.5, 0.6) is 0 Å². The number of rotatable bonds is 4. The van der Waals surface area contributed by atoms with Gasteiger partial charge in [0.2, 0.25) is 5.60 Å². The van der Waals surface area contributed by atoms with Crippen LogP contribution in [0.2, 0.25) is 0 Å². The fourth-order valence-corrected chi connectivity index (χ4v) is 1.71. The van der Waals surface area contributed by atoms with E-state index in [0.717, 1.165) is 20.1 Å². The average Bonchev–Trinajstić information content (AvgIpc) is 1.96. The Morgan fingerprint density at radius 3 is 1.71 bits per heavy atom. The van der Waals surface area contributed by atoms with Gasteiger partial charge in [-0.15, -0.1) is 0 Å². The molecule has 0 amide bonds. The lowest BCUT2D eigenvalue weighted by molar-refractivity contribution is -0.174. The molecule has 6 nitrogen and oxygen atoms in total. The zero-order valence-corrected chi connectivity index (χ0v) is 11.7. The van der Waals surface area contributed by atoms with Gasteiger partial charge >= 0.3 is 5.97 Å². The second kappa shape index (κ2) is 4.73. The maximum Gasteiger partial charge on any atom is 0.348 e. The van der Waals surface area contributed by atoms with Gasteiger partial charge in [0.1, 0.15) is 5.60 Å². The van der Waals surface area contributed by atoms with E-state index in [4.69, 9.17) is 4.74 Å². The van der Waals surface area contributed by atoms with Crippen molar-refractivity contribution in [1.29, 1.82) is 0 Å². The molecule has 0 aromatic heterocycles. The SMILES string of the molecule is CC(=O)C(C)(OS(C)(=O)=O)C(=O)OC(C)(C)C. The zero-order chi connectivity index (χ0) is 14.1. The highest BCUT2D eigenvalue weighted by Gasteiger charge is 2.46. The molecule has 7 heteroatoms. The first-order valence-corrected chi connectivity index (χ1v) is 6.75. The van der Waals surface area contributed by atoms with E-state index in [1.807, 2.05) is 0 Å². The summed E-state index contributed by atoms with van der Waals surface area (Å²) >= 11 is 0. The van der Waals surface area contributed by atoms with E-state index in [0.29, 0.717) is 0 Å². The van der Waals surface area contributed by atoms with Gasteiger partial charge < -0.3 is 4.74 Å². The number of hydrogen-bond acceptors (Lipinski definition) is 6. The topological polar surface area (TPSA) is 86.7 Å². The zero-order valence-electron chi connectivity index (χ0n) is 10.9. The number of carbonyl (C=O) groups excluding carboxylic acids is 2. The van der Waals surface area contributed by atoms with E-state index in [9.17, 15) is 18.0 Å². The molecular weight excluding hydrogens is 248 g/mol. The van der Waals surface area contributed by atoms with E-state index in [-0.39, 0.29) is 0 Å². The van der Waals surface area contributed by atoms with Crippen LogP contribution < -0.4 is 0 Å². The Bertz CT molecular complexity index is 417. The number of ketones is 1. The van der Waals surface area contributed by atoms with Crippen molar-refractivity contribution in [2.75, 3.05) is 6.26 Å². The molecule has 0 saturated heterocycles. The first kappa shape index (κ1) is 16.1. The first-order valence-electron chi connectivity index (χ1n) is 4.93. The summed E-state index contributed by atoms with van der Waals surface area (Å²) in [6.07, 6.45) is 0.762. The predicted octanol–water partition coefficient (Wildman–Crippen LogP) is 0.652. The van der Waals surface area contributed by atoms with Crippen LogP contribution in [-0.4, -0.2) is 37.6 Å². The Labute approximate surface area is 101 Å². The van der Waals surface area contributed by atoms with Crippen LogP contribution in [0.3, 0.4) is 0 Å². The van der Waals surface area contributed by atoms with Crippen molar-refractivity contribution >= 4 is 21.9 Å². The van der Waals surface area contributed by atoms with Crippen LogP contribution >= 0.6 is 0 Å². The molecule has 0 spiro atoms. The van der Waals surface area contributed by atoms with Crippen molar-refractivity contribution in [3.05, 3.63) is 0 Å². The van der Waals surface area contributed by atoms with Crippen molar-refractivity contribution in [2.45, 2.75) is 45.8 Å². The van der Waals surface area contributed by atoms with Crippen molar-refractivity contribution in [3.63, 3.8) is 0 Å². The summed E-state index contributed by atoms with van der Waals surface area (Å²) in [5.74, 6) is -1.76. The molecule has 0 N–H and O–H groups in total. The van der Waals surface area contributed by atoms with E-state index in [2.05, 4.69) is 4.18 Å². The highest BCUT2D eigenvalue weighted by Crippen LogP contribution is 2.21. The van der Waals surface area contributed by atoms with Crippen molar-refractivity contribution < 1.29 is 26.9 Å². The maximum absolute atomic E-state index is 11.8. The van der Waals surface area contributed by atoms with Crippen LogP contribution in [0.25, 0.3) is 0 Å². The molecule has 1 atom stereocenters. The van der Waals surface area contributed by atoms with Crippen LogP contribution in [0, 0.1) is 0 Å². The van der Waals surface area contributed by atoms with Gasteiger partial charge in [0.15, 0.2) is 5.78 Å². The Balaban J connectivity index is 5.24. The van der Waals surface area contributed by atoms with Gasteiger partial charge in [-0.2, -0.15) is 8.42 Å². The van der Waals surface area contributed by atoms with Gasteiger partial charge in [0.25, 0.3) is 10.1 Å². The third-order valence-electron chi connectivity index (χ3n) is 1.78. The minimum absolute atomic E-state index is 0.739. The van der Waals surface area contributed by atoms with E-state index in [1.54, 1.807) is 20.8 Å². The summed E-state index contributed by atoms with van der Waals surface area (Å²) in [6.45, 7) is 6.95. The van der Waals surface area contributed by atoms with Crippen molar-refractivity contribution in [3.8, 4) is 0 Å².